The van der Waals surface area contributed by atoms with Gasteiger partial charge in [-0.1, -0.05) is 13.8 Å². The van der Waals surface area contributed by atoms with E-state index in [4.69, 9.17) is 4.42 Å². The Morgan fingerprint density at radius 1 is 1.23 bits per heavy atom. The summed E-state index contributed by atoms with van der Waals surface area (Å²) in [5.74, 6) is 1.87. The third-order valence-corrected chi connectivity index (χ3v) is 4.88. The molecule has 0 saturated carbocycles. The second-order valence-corrected chi connectivity index (χ2v) is 6.79. The summed E-state index contributed by atoms with van der Waals surface area (Å²) in [6.07, 6.45) is 4.56. The van der Waals surface area contributed by atoms with E-state index in [0.29, 0.717) is 30.4 Å². The zero-order valence-corrected chi connectivity index (χ0v) is 13.8. The van der Waals surface area contributed by atoms with Crippen LogP contribution in [0.5, 0.6) is 0 Å². The Morgan fingerprint density at radius 3 is 2.64 bits per heavy atom. The molecule has 3 heterocycles. The zero-order chi connectivity index (χ0) is 15.7. The van der Waals surface area contributed by atoms with E-state index in [9.17, 15) is 4.79 Å². The number of rotatable bonds is 4. The van der Waals surface area contributed by atoms with Gasteiger partial charge >= 0.3 is 0 Å². The summed E-state index contributed by atoms with van der Waals surface area (Å²) in [5, 5.41) is 8.29. The van der Waals surface area contributed by atoms with E-state index in [1.807, 2.05) is 0 Å². The van der Waals surface area contributed by atoms with Crippen molar-refractivity contribution >= 4 is 5.91 Å². The van der Waals surface area contributed by atoms with Crippen molar-refractivity contribution in [1.29, 1.82) is 0 Å². The van der Waals surface area contributed by atoms with Crippen LogP contribution in [0.25, 0.3) is 0 Å². The fourth-order valence-corrected chi connectivity index (χ4v) is 3.80. The largest absolute Gasteiger partial charge is 0.424 e. The van der Waals surface area contributed by atoms with Crippen LogP contribution in [0.1, 0.15) is 64.2 Å². The molecule has 2 atom stereocenters. The first kappa shape index (κ1) is 15.5. The van der Waals surface area contributed by atoms with Gasteiger partial charge in [0.1, 0.15) is 0 Å². The van der Waals surface area contributed by atoms with Crippen LogP contribution in [0.3, 0.4) is 0 Å². The van der Waals surface area contributed by atoms with Crippen molar-refractivity contribution in [3.8, 4) is 0 Å². The number of amides is 1. The molecule has 1 amide bonds. The molecule has 0 N–H and O–H groups in total. The van der Waals surface area contributed by atoms with Crippen LogP contribution in [-0.4, -0.2) is 51.1 Å². The highest BCUT2D eigenvalue weighted by Crippen LogP contribution is 2.31. The topological polar surface area (TPSA) is 62.5 Å². The summed E-state index contributed by atoms with van der Waals surface area (Å²) < 4.78 is 5.75. The van der Waals surface area contributed by atoms with Crippen molar-refractivity contribution in [3.63, 3.8) is 0 Å². The van der Waals surface area contributed by atoms with Gasteiger partial charge in [0.05, 0.1) is 6.54 Å². The number of aromatic nitrogens is 2. The molecule has 0 unspecified atom stereocenters. The molecule has 2 saturated heterocycles. The van der Waals surface area contributed by atoms with E-state index in [1.165, 1.54) is 6.42 Å². The van der Waals surface area contributed by atoms with Crippen molar-refractivity contribution in [2.24, 2.45) is 0 Å². The first-order valence-electron chi connectivity index (χ1n) is 8.40. The molecule has 0 radical (unpaired) electrons. The third kappa shape index (κ3) is 3.02. The summed E-state index contributed by atoms with van der Waals surface area (Å²) in [5.41, 5.74) is 0. The van der Waals surface area contributed by atoms with Gasteiger partial charge in [0.25, 0.3) is 0 Å². The predicted molar refractivity (Wildman–Crippen MR) is 82.2 cm³/mol. The molecule has 0 bridgehead atoms. The van der Waals surface area contributed by atoms with Crippen LogP contribution in [0.15, 0.2) is 4.42 Å². The summed E-state index contributed by atoms with van der Waals surface area (Å²) >= 11 is 0. The lowest BCUT2D eigenvalue weighted by Crippen LogP contribution is -2.47. The highest BCUT2D eigenvalue weighted by Gasteiger charge is 2.39. The fourth-order valence-electron chi connectivity index (χ4n) is 3.80. The first-order chi connectivity index (χ1) is 10.6. The van der Waals surface area contributed by atoms with Gasteiger partial charge in [-0.05, 0) is 32.2 Å². The molecule has 1 aromatic heterocycles. The van der Waals surface area contributed by atoms with Gasteiger partial charge in [0.15, 0.2) is 0 Å². The van der Waals surface area contributed by atoms with Crippen molar-refractivity contribution in [2.75, 3.05) is 13.1 Å². The molecular weight excluding hydrogens is 280 g/mol. The van der Waals surface area contributed by atoms with Crippen LogP contribution < -0.4 is 0 Å². The maximum absolute atomic E-state index is 11.8. The number of carbonyl (C=O) groups is 1. The third-order valence-electron chi connectivity index (χ3n) is 4.88. The molecule has 0 aromatic carbocycles. The molecule has 3 rings (SSSR count). The highest BCUT2D eigenvalue weighted by molar-refractivity contribution is 5.74. The van der Waals surface area contributed by atoms with E-state index in [2.05, 4.69) is 33.8 Å². The van der Waals surface area contributed by atoms with E-state index < -0.39 is 0 Å². The minimum absolute atomic E-state index is 0.203. The Kier molecular flexibility index (Phi) is 4.47. The van der Waals surface area contributed by atoms with Gasteiger partial charge in [-0.2, -0.15) is 0 Å². The Balaban J connectivity index is 1.68. The van der Waals surface area contributed by atoms with Crippen molar-refractivity contribution in [1.82, 2.24) is 20.0 Å². The molecule has 0 aliphatic carbocycles. The van der Waals surface area contributed by atoms with Gasteiger partial charge in [0.2, 0.25) is 17.7 Å². The molecule has 1 aromatic rings. The Bertz CT molecular complexity index is 528. The van der Waals surface area contributed by atoms with Gasteiger partial charge in [-0.15, -0.1) is 10.2 Å². The summed E-state index contributed by atoms with van der Waals surface area (Å²) in [6.45, 7) is 8.45. The molecule has 6 nitrogen and oxygen atoms in total. The molecule has 122 valence electrons. The number of likely N-dealkylation sites (tertiary alicyclic amines) is 2. The average molecular weight is 306 g/mol. The standard InChI is InChI=1S/C16H26N4O2/c1-11(2)16-18-17-15(22-16)10-19-8-4-6-13(19)14-7-5-9-20(14)12(3)21/h11,13-14H,4-10H2,1-3H3/t13-,14+/m0/s1. The predicted octanol–water partition coefficient (Wildman–Crippen LogP) is 2.17. The normalized spacial score (nSPS) is 26.3. The Labute approximate surface area is 131 Å². The number of nitrogens with zero attached hydrogens (tertiary/aromatic N) is 4. The number of hydrogen-bond acceptors (Lipinski definition) is 5. The lowest BCUT2D eigenvalue weighted by molar-refractivity contribution is -0.130. The Morgan fingerprint density at radius 2 is 1.95 bits per heavy atom. The SMILES string of the molecule is CC(=O)N1CCC[C@@H]1[C@@H]1CCCN1Cc1nnc(C(C)C)o1. The van der Waals surface area contributed by atoms with Crippen molar-refractivity contribution in [3.05, 3.63) is 11.8 Å². The maximum atomic E-state index is 11.8. The van der Waals surface area contributed by atoms with E-state index in [0.717, 1.165) is 32.4 Å². The molecule has 2 aliphatic rings. The minimum Gasteiger partial charge on any atom is -0.424 e. The monoisotopic (exact) mass is 306 g/mol. The fraction of sp³-hybridized carbons (Fsp3) is 0.812. The number of carbonyl (C=O) groups excluding carboxylic acids is 1. The molecule has 0 spiro atoms. The minimum atomic E-state index is 0.203. The van der Waals surface area contributed by atoms with Crippen LogP contribution in [0, 0.1) is 0 Å². The number of hydrogen-bond donors (Lipinski definition) is 0. The molecule has 22 heavy (non-hydrogen) atoms. The maximum Gasteiger partial charge on any atom is 0.230 e. The molecule has 6 heteroatoms. The lowest BCUT2D eigenvalue weighted by Gasteiger charge is -2.34. The van der Waals surface area contributed by atoms with Gasteiger partial charge in [0, 0.05) is 31.5 Å². The molecule has 2 fully saturated rings. The van der Waals surface area contributed by atoms with Gasteiger partial charge in [-0.3, -0.25) is 9.69 Å². The summed E-state index contributed by atoms with van der Waals surface area (Å²) in [4.78, 5) is 16.3. The van der Waals surface area contributed by atoms with Crippen LogP contribution in [0.4, 0.5) is 0 Å². The molecule has 2 aliphatic heterocycles. The zero-order valence-electron chi connectivity index (χ0n) is 13.8. The van der Waals surface area contributed by atoms with Crippen LogP contribution >= 0.6 is 0 Å². The van der Waals surface area contributed by atoms with E-state index in [1.54, 1.807) is 6.92 Å². The van der Waals surface area contributed by atoms with E-state index >= 15 is 0 Å². The summed E-state index contributed by atoms with van der Waals surface area (Å²) in [6, 6.07) is 0.785. The van der Waals surface area contributed by atoms with Gasteiger partial charge < -0.3 is 9.32 Å². The second-order valence-electron chi connectivity index (χ2n) is 6.79. The smallest absolute Gasteiger partial charge is 0.230 e. The van der Waals surface area contributed by atoms with Crippen molar-refractivity contribution < 1.29 is 9.21 Å². The average Bonchev–Trinajstić information content (AvgIpc) is 3.17. The highest BCUT2D eigenvalue weighted by atomic mass is 16.4. The van der Waals surface area contributed by atoms with Crippen LogP contribution in [0.2, 0.25) is 0 Å². The van der Waals surface area contributed by atoms with E-state index in [-0.39, 0.29) is 11.8 Å². The summed E-state index contributed by atoms with van der Waals surface area (Å²) in [7, 11) is 0. The Hall–Kier alpha value is -1.43. The van der Waals surface area contributed by atoms with Crippen LogP contribution in [-0.2, 0) is 11.3 Å². The quantitative estimate of drug-likeness (QED) is 0.853. The van der Waals surface area contributed by atoms with Crippen molar-refractivity contribution in [2.45, 2.75) is 71.0 Å². The lowest BCUT2D eigenvalue weighted by atomic mass is 10.0. The second kappa shape index (κ2) is 6.36. The van der Waals surface area contributed by atoms with Gasteiger partial charge in [-0.25, -0.2) is 0 Å². The first-order valence-corrected chi connectivity index (χ1v) is 8.40. The molecular formula is C16H26N4O2.